The zero-order chi connectivity index (χ0) is 14.5. The van der Waals surface area contributed by atoms with E-state index in [1.165, 1.54) is 18.2 Å². The first-order valence-corrected chi connectivity index (χ1v) is 5.67. The minimum absolute atomic E-state index is 0.0608. The minimum Gasteiger partial charge on any atom is -0.487 e. The lowest BCUT2D eigenvalue weighted by Crippen LogP contribution is -2.02. The number of nitro benzene ring substituents is 1. The molecule has 20 heavy (non-hydrogen) atoms. The van der Waals surface area contributed by atoms with Crippen LogP contribution in [0.4, 0.5) is 10.1 Å². The van der Waals surface area contributed by atoms with Crippen molar-refractivity contribution in [1.82, 2.24) is 0 Å². The van der Waals surface area contributed by atoms with Crippen LogP contribution in [-0.4, -0.2) is 4.92 Å². The molecule has 0 aromatic heterocycles. The largest absolute Gasteiger partial charge is 0.487 e. The van der Waals surface area contributed by atoms with Gasteiger partial charge in [-0.1, -0.05) is 18.2 Å². The van der Waals surface area contributed by atoms with Crippen molar-refractivity contribution < 1.29 is 14.1 Å². The van der Waals surface area contributed by atoms with Gasteiger partial charge in [-0.2, -0.15) is 5.26 Å². The molecule has 0 aliphatic carbocycles. The van der Waals surface area contributed by atoms with Crippen molar-refractivity contribution in [2.24, 2.45) is 0 Å². The number of nitro groups is 1. The Hall–Kier alpha value is -2.94. The highest BCUT2D eigenvalue weighted by atomic mass is 19.1. The summed E-state index contributed by atoms with van der Waals surface area (Å²) >= 11 is 0. The van der Waals surface area contributed by atoms with Gasteiger partial charge < -0.3 is 4.74 Å². The van der Waals surface area contributed by atoms with E-state index >= 15 is 0 Å². The third kappa shape index (κ3) is 2.72. The van der Waals surface area contributed by atoms with Crippen LogP contribution in [0.5, 0.6) is 5.75 Å². The van der Waals surface area contributed by atoms with Crippen LogP contribution in [0.1, 0.15) is 11.1 Å². The Labute approximate surface area is 114 Å². The molecule has 0 heterocycles. The summed E-state index contributed by atoms with van der Waals surface area (Å²) in [5.74, 6) is -0.627. The Balaban J connectivity index is 2.24. The van der Waals surface area contributed by atoms with Crippen LogP contribution in [0.15, 0.2) is 42.5 Å². The van der Waals surface area contributed by atoms with Gasteiger partial charge in [0.05, 0.1) is 10.5 Å². The van der Waals surface area contributed by atoms with Crippen molar-refractivity contribution in [3.8, 4) is 11.8 Å². The number of hydrogen-bond donors (Lipinski definition) is 0. The lowest BCUT2D eigenvalue weighted by Gasteiger charge is -2.08. The standard InChI is InChI=1S/C14H9FN2O3/c15-12-5-3-7-14(11(12)8-16)20-9-10-4-1-2-6-13(10)17(18)19/h1-7H,9H2. The molecule has 0 unspecified atom stereocenters. The van der Waals surface area contributed by atoms with E-state index in [4.69, 9.17) is 10.00 Å². The Kier molecular flexibility index (Phi) is 3.91. The molecule has 6 heteroatoms. The second-order valence-electron chi connectivity index (χ2n) is 3.90. The van der Waals surface area contributed by atoms with Crippen molar-refractivity contribution in [3.05, 3.63) is 69.5 Å². The van der Waals surface area contributed by atoms with Gasteiger partial charge in [0.15, 0.2) is 0 Å². The molecule has 0 fully saturated rings. The maximum atomic E-state index is 13.4. The number of nitriles is 1. The van der Waals surface area contributed by atoms with Gasteiger partial charge in [0.2, 0.25) is 0 Å². The van der Waals surface area contributed by atoms with Gasteiger partial charge in [-0.15, -0.1) is 0 Å². The summed E-state index contributed by atoms with van der Waals surface area (Å²) in [6.07, 6.45) is 0. The van der Waals surface area contributed by atoms with E-state index in [9.17, 15) is 14.5 Å². The molecule has 0 spiro atoms. The highest BCUT2D eigenvalue weighted by Crippen LogP contribution is 2.24. The first-order chi connectivity index (χ1) is 9.63. The second kappa shape index (κ2) is 5.80. The van der Waals surface area contributed by atoms with Crippen LogP contribution in [0.3, 0.4) is 0 Å². The molecule has 0 saturated carbocycles. The topological polar surface area (TPSA) is 76.2 Å². The van der Waals surface area contributed by atoms with E-state index < -0.39 is 10.7 Å². The Morgan fingerprint density at radius 1 is 1.25 bits per heavy atom. The number of halogens is 1. The van der Waals surface area contributed by atoms with E-state index in [0.717, 1.165) is 6.07 Å². The molecule has 100 valence electrons. The SMILES string of the molecule is N#Cc1c(F)cccc1OCc1ccccc1[N+](=O)[O-]. The average molecular weight is 272 g/mol. The molecule has 0 N–H and O–H groups in total. The molecule has 2 rings (SSSR count). The number of benzene rings is 2. The number of rotatable bonds is 4. The molecule has 0 amide bonds. The summed E-state index contributed by atoms with van der Waals surface area (Å²) < 4.78 is 18.7. The number of ether oxygens (including phenoxy) is 1. The maximum absolute atomic E-state index is 13.4. The predicted molar refractivity (Wildman–Crippen MR) is 68.5 cm³/mol. The molecule has 5 nitrogen and oxygen atoms in total. The molecule has 0 saturated heterocycles. The third-order valence-corrected chi connectivity index (χ3v) is 2.66. The monoisotopic (exact) mass is 272 g/mol. The highest BCUT2D eigenvalue weighted by molar-refractivity contribution is 5.45. The van der Waals surface area contributed by atoms with E-state index in [0.29, 0.717) is 5.56 Å². The Morgan fingerprint density at radius 3 is 2.70 bits per heavy atom. The van der Waals surface area contributed by atoms with Crippen molar-refractivity contribution >= 4 is 5.69 Å². The molecule has 2 aromatic rings. The summed E-state index contributed by atoms with van der Waals surface area (Å²) in [5, 5.41) is 19.7. The van der Waals surface area contributed by atoms with Gasteiger partial charge in [0.25, 0.3) is 5.69 Å². The zero-order valence-electron chi connectivity index (χ0n) is 10.2. The summed E-state index contributed by atoms with van der Waals surface area (Å²) in [7, 11) is 0. The molecule has 0 radical (unpaired) electrons. The highest BCUT2D eigenvalue weighted by Gasteiger charge is 2.14. The molecule has 0 bridgehead atoms. The lowest BCUT2D eigenvalue weighted by molar-refractivity contribution is -0.385. The summed E-state index contributed by atoms with van der Waals surface area (Å²) in [4.78, 5) is 10.3. The van der Waals surface area contributed by atoms with Crippen molar-refractivity contribution in [3.63, 3.8) is 0 Å². The van der Waals surface area contributed by atoms with E-state index in [2.05, 4.69) is 0 Å². The van der Waals surface area contributed by atoms with E-state index in [-0.39, 0.29) is 23.6 Å². The van der Waals surface area contributed by atoms with Crippen LogP contribution in [-0.2, 0) is 6.61 Å². The van der Waals surface area contributed by atoms with Crippen LogP contribution < -0.4 is 4.74 Å². The number of nitrogens with zero attached hydrogens (tertiary/aromatic N) is 2. The first-order valence-electron chi connectivity index (χ1n) is 5.67. The average Bonchev–Trinajstić information content (AvgIpc) is 2.45. The fourth-order valence-electron chi connectivity index (χ4n) is 1.70. The lowest BCUT2D eigenvalue weighted by atomic mass is 10.2. The summed E-state index contributed by atoms with van der Waals surface area (Å²) in [6, 6.07) is 11.8. The maximum Gasteiger partial charge on any atom is 0.276 e. The molecular formula is C14H9FN2O3. The fraction of sp³-hybridized carbons (Fsp3) is 0.0714. The van der Waals surface area contributed by atoms with Crippen molar-refractivity contribution in [1.29, 1.82) is 5.26 Å². The Bertz CT molecular complexity index is 695. The van der Waals surface area contributed by atoms with Crippen molar-refractivity contribution in [2.45, 2.75) is 6.61 Å². The molecule has 0 aliphatic rings. The number of hydrogen-bond acceptors (Lipinski definition) is 4. The van der Waals surface area contributed by atoms with Crippen molar-refractivity contribution in [2.75, 3.05) is 0 Å². The van der Waals surface area contributed by atoms with Crippen LogP contribution >= 0.6 is 0 Å². The minimum atomic E-state index is -0.687. The predicted octanol–water partition coefficient (Wildman–Crippen LogP) is 3.18. The normalized spacial score (nSPS) is 9.80. The molecule has 0 atom stereocenters. The van der Waals surface area contributed by atoms with Gasteiger partial charge in [0, 0.05) is 6.07 Å². The van der Waals surface area contributed by atoms with Gasteiger partial charge in [-0.3, -0.25) is 10.1 Å². The summed E-state index contributed by atoms with van der Waals surface area (Å²) in [6.45, 7) is -0.116. The van der Waals surface area contributed by atoms with Crippen LogP contribution in [0.2, 0.25) is 0 Å². The Morgan fingerprint density at radius 2 is 2.00 bits per heavy atom. The first kappa shape index (κ1) is 13.5. The zero-order valence-corrected chi connectivity index (χ0v) is 10.2. The van der Waals surface area contributed by atoms with Crippen LogP contribution in [0.25, 0.3) is 0 Å². The summed E-state index contributed by atoms with van der Waals surface area (Å²) in [5.41, 5.74) is 0.0548. The van der Waals surface area contributed by atoms with Gasteiger partial charge in [-0.25, -0.2) is 4.39 Å². The van der Waals surface area contributed by atoms with Gasteiger partial charge in [-0.05, 0) is 18.2 Å². The van der Waals surface area contributed by atoms with Gasteiger partial charge in [0.1, 0.15) is 29.8 Å². The quantitative estimate of drug-likeness (QED) is 0.632. The molecule has 0 aliphatic heterocycles. The third-order valence-electron chi connectivity index (χ3n) is 2.66. The molecular weight excluding hydrogens is 263 g/mol. The smallest absolute Gasteiger partial charge is 0.276 e. The van der Waals surface area contributed by atoms with E-state index in [1.54, 1.807) is 24.3 Å². The number of para-hydroxylation sites is 1. The second-order valence-corrected chi connectivity index (χ2v) is 3.90. The van der Waals surface area contributed by atoms with E-state index in [1.807, 2.05) is 0 Å². The molecule has 2 aromatic carbocycles. The van der Waals surface area contributed by atoms with Crippen LogP contribution in [0, 0.1) is 27.3 Å². The van der Waals surface area contributed by atoms with Gasteiger partial charge >= 0.3 is 0 Å². The fourth-order valence-corrected chi connectivity index (χ4v) is 1.70.